The van der Waals surface area contributed by atoms with Gasteiger partial charge in [-0.2, -0.15) is 0 Å². The minimum Gasteiger partial charge on any atom is -0.291 e. The van der Waals surface area contributed by atoms with Crippen LogP contribution in [-0.2, 0) is 4.79 Å². The van der Waals surface area contributed by atoms with Gasteiger partial charge in [0.05, 0.1) is 0 Å². The van der Waals surface area contributed by atoms with Crippen LogP contribution in [0.15, 0.2) is 12.2 Å². The maximum Gasteiger partial charge on any atom is 0.198 e. The molecule has 1 heteroatoms. The lowest BCUT2D eigenvalue weighted by atomic mass is 10.0. The highest BCUT2D eigenvalue weighted by atomic mass is 16.1. The highest BCUT2D eigenvalue weighted by Gasteiger charge is 1.95. The van der Waals surface area contributed by atoms with Crippen molar-refractivity contribution < 1.29 is 4.79 Å². The van der Waals surface area contributed by atoms with Crippen molar-refractivity contribution in [1.29, 1.82) is 0 Å². The summed E-state index contributed by atoms with van der Waals surface area (Å²) in [6.45, 7) is 2.24. The van der Waals surface area contributed by atoms with Gasteiger partial charge in [0.25, 0.3) is 0 Å². The van der Waals surface area contributed by atoms with Gasteiger partial charge in [0.15, 0.2) is 6.29 Å². The molecule has 0 aromatic rings. The van der Waals surface area contributed by atoms with Crippen LogP contribution in [0.2, 0.25) is 0 Å². The van der Waals surface area contributed by atoms with Gasteiger partial charge in [-0.15, -0.1) is 0 Å². The van der Waals surface area contributed by atoms with Crippen molar-refractivity contribution in [3.05, 3.63) is 12.2 Å². The molecular weight excluding hydrogens is 304 g/mol. The quantitative estimate of drug-likeness (QED) is 0.150. The van der Waals surface area contributed by atoms with Crippen LogP contribution in [0, 0.1) is 0 Å². The first-order valence-electron chi connectivity index (χ1n) is 11.4. The van der Waals surface area contributed by atoms with Gasteiger partial charge in [-0.3, -0.25) is 4.79 Å². The molecule has 1 radical (unpaired) electrons. The minimum atomic E-state index is 0.635. The molecule has 0 rings (SSSR count). The molecule has 0 fully saturated rings. The highest BCUT2D eigenvalue weighted by molar-refractivity contribution is 5.50. The summed E-state index contributed by atoms with van der Waals surface area (Å²) >= 11 is 0. The lowest BCUT2D eigenvalue weighted by Crippen LogP contribution is -1.84. The summed E-state index contributed by atoms with van der Waals surface area (Å²) in [5, 5.41) is 0. The van der Waals surface area contributed by atoms with Gasteiger partial charge in [-0.05, 0) is 25.7 Å². The summed E-state index contributed by atoms with van der Waals surface area (Å²) in [6, 6.07) is 0. The van der Waals surface area contributed by atoms with E-state index in [9.17, 15) is 4.79 Å². The number of unbranched alkanes of at least 4 members (excludes halogenated alkanes) is 18. The van der Waals surface area contributed by atoms with Crippen LogP contribution < -0.4 is 0 Å². The molecule has 0 aliphatic carbocycles. The lowest BCUT2D eigenvalue weighted by molar-refractivity contribution is 0.525. The summed E-state index contributed by atoms with van der Waals surface area (Å²) in [7, 11) is 0. The summed E-state index contributed by atoms with van der Waals surface area (Å²) in [6.07, 6.45) is 33.2. The van der Waals surface area contributed by atoms with Crippen LogP contribution in [0.3, 0.4) is 0 Å². The molecule has 0 unspecified atom stereocenters. The standard InChI is InChI=1S/C24H45O/c1-2-3-4-5-6-7-8-9-10-11-12-13-14-15-16-17-18-19-20-21-22-23-24-25/h4-5H,2-3,6-23H2,1H3. The largest absolute Gasteiger partial charge is 0.291 e. The van der Waals surface area contributed by atoms with E-state index in [-0.39, 0.29) is 0 Å². The summed E-state index contributed by atoms with van der Waals surface area (Å²) in [4.78, 5) is 10.1. The molecule has 0 bridgehead atoms. The second-order valence-electron chi connectivity index (χ2n) is 7.60. The summed E-state index contributed by atoms with van der Waals surface area (Å²) in [5.41, 5.74) is 0. The summed E-state index contributed by atoms with van der Waals surface area (Å²) in [5.74, 6) is 0. The Morgan fingerprint density at radius 1 is 0.520 bits per heavy atom. The Kier molecular flexibility index (Phi) is 22.9. The molecule has 0 spiro atoms. The first-order chi connectivity index (χ1) is 12.4. The Morgan fingerprint density at radius 3 is 1.28 bits per heavy atom. The first-order valence-corrected chi connectivity index (χ1v) is 11.4. The van der Waals surface area contributed by atoms with Crippen molar-refractivity contribution in [1.82, 2.24) is 0 Å². The lowest BCUT2D eigenvalue weighted by Gasteiger charge is -2.03. The molecule has 147 valence electrons. The second kappa shape index (κ2) is 23.4. The molecule has 0 aromatic carbocycles. The molecule has 0 aromatic heterocycles. The van der Waals surface area contributed by atoms with E-state index in [0.29, 0.717) is 6.42 Å². The molecule has 0 N–H and O–H groups in total. The number of hydrogen-bond donors (Lipinski definition) is 0. The van der Waals surface area contributed by atoms with Crippen LogP contribution in [0.4, 0.5) is 0 Å². The van der Waals surface area contributed by atoms with Crippen LogP contribution in [0.5, 0.6) is 0 Å². The molecule has 0 aliphatic rings. The number of rotatable bonds is 21. The Labute approximate surface area is 159 Å². The number of allylic oxidation sites excluding steroid dienone is 2. The van der Waals surface area contributed by atoms with E-state index in [1.165, 1.54) is 116 Å². The topological polar surface area (TPSA) is 17.1 Å². The smallest absolute Gasteiger partial charge is 0.198 e. The summed E-state index contributed by atoms with van der Waals surface area (Å²) < 4.78 is 0. The first kappa shape index (κ1) is 24.4. The fraction of sp³-hybridized carbons (Fsp3) is 0.875. The Bertz CT molecular complexity index is 269. The van der Waals surface area contributed by atoms with Crippen molar-refractivity contribution in [2.75, 3.05) is 0 Å². The Hall–Kier alpha value is -0.590. The van der Waals surface area contributed by atoms with Crippen molar-refractivity contribution in [3.63, 3.8) is 0 Å². The van der Waals surface area contributed by atoms with Crippen molar-refractivity contribution in [3.8, 4) is 0 Å². The van der Waals surface area contributed by atoms with Crippen molar-refractivity contribution >= 4 is 6.29 Å². The maximum atomic E-state index is 10.1. The second-order valence-corrected chi connectivity index (χ2v) is 7.60. The van der Waals surface area contributed by atoms with E-state index >= 15 is 0 Å². The van der Waals surface area contributed by atoms with Gasteiger partial charge in [-0.25, -0.2) is 0 Å². The SMILES string of the molecule is CCCC=CCCCCCCCCCCCCCCCCCC[C]=O. The van der Waals surface area contributed by atoms with Crippen LogP contribution in [0.1, 0.15) is 135 Å². The molecule has 0 heterocycles. The molecule has 0 atom stereocenters. The van der Waals surface area contributed by atoms with E-state index in [1.54, 1.807) is 0 Å². The highest BCUT2D eigenvalue weighted by Crippen LogP contribution is 2.14. The van der Waals surface area contributed by atoms with Crippen molar-refractivity contribution in [2.45, 2.75) is 135 Å². The molecule has 25 heavy (non-hydrogen) atoms. The average Bonchev–Trinajstić information content (AvgIpc) is 2.63. The fourth-order valence-electron chi connectivity index (χ4n) is 3.34. The zero-order valence-corrected chi connectivity index (χ0v) is 17.2. The third kappa shape index (κ3) is 23.4. The Balaban J connectivity index is 2.99. The number of hydrogen-bond acceptors (Lipinski definition) is 1. The predicted molar refractivity (Wildman–Crippen MR) is 113 cm³/mol. The molecule has 0 aliphatic heterocycles. The molecule has 0 amide bonds. The molecule has 0 saturated carbocycles. The molecule has 1 nitrogen and oxygen atoms in total. The van der Waals surface area contributed by atoms with E-state index < -0.39 is 0 Å². The third-order valence-electron chi connectivity index (χ3n) is 5.02. The van der Waals surface area contributed by atoms with Crippen LogP contribution >= 0.6 is 0 Å². The van der Waals surface area contributed by atoms with Gasteiger partial charge in [0.2, 0.25) is 0 Å². The van der Waals surface area contributed by atoms with Gasteiger partial charge < -0.3 is 0 Å². The molecular formula is C24H45O. The Morgan fingerprint density at radius 2 is 0.880 bits per heavy atom. The van der Waals surface area contributed by atoms with Gasteiger partial charge in [-0.1, -0.05) is 115 Å². The van der Waals surface area contributed by atoms with Crippen molar-refractivity contribution in [2.24, 2.45) is 0 Å². The molecule has 0 saturated heterocycles. The van der Waals surface area contributed by atoms with E-state index in [1.807, 2.05) is 6.29 Å². The average molecular weight is 350 g/mol. The van der Waals surface area contributed by atoms with Crippen LogP contribution in [-0.4, -0.2) is 6.29 Å². The number of carbonyl (C=O) groups excluding carboxylic acids is 1. The fourth-order valence-corrected chi connectivity index (χ4v) is 3.34. The zero-order valence-electron chi connectivity index (χ0n) is 17.2. The van der Waals surface area contributed by atoms with E-state index in [0.717, 1.165) is 6.42 Å². The normalized spacial score (nSPS) is 11.4. The van der Waals surface area contributed by atoms with Gasteiger partial charge in [0.1, 0.15) is 0 Å². The predicted octanol–water partition coefficient (Wildman–Crippen LogP) is 8.47. The minimum absolute atomic E-state index is 0.635. The van der Waals surface area contributed by atoms with Gasteiger partial charge in [0, 0.05) is 6.42 Å². The zero-order chi connectivity index (χ0) is 18.3. The van der Waals surface area contributed by atoms with E-state index in [2.05, 4.69) is 19.1 Å². The maximum absolute atomic E-state index is 10.1. The third-order valence-corrected chi connectivity index (χ3v) is 5.02. The monoisotopic (exact) mass is 349 g/mol. The van der Waals surface area contributed by atoms with Gasteiger partial charge >= 0.3 is 0 Å². The van der Waals surface area contributed by atoms with E-state index in [4.69, 9.17) is 0 Å². The van der Waals surface area contributed by atoms with Crippen LogP contribution in [0.25, 0.3) is 0 Å².